The first-order chi connectivity index (χ1) is 10.3. The Morgan fingerprint density at radius 1 is 1.45 bits per heavy atom. The first-order valence-electron chi connectivity index (χ1n) is 8.54. The van der Waals surface area contributed by atoms with Gasteiger partial charge in [-0.25, -0.2) is 0 Å². The average molecular weight is 306 g/mol. The summed E-state index contributed by atoms with van der Waals surface area (Å²) < 4.78 is 0. The molecule has 2 aliphatic carbocycles. The lowest BCUT2D eigenvalue weighted by molar-refractivity contribution is -0.118. The van der Waals surface area contributed by atoms with Crippen molar-refractivity contribution in [3.8, 4) is 0 Å². The third kappa shape index (κ3) is 3.36. The molecule has 3 heteroatoms. The van der Waals surface area contributed by atoms with Crippen LogP contribution in [-0.4, -0.2) is 28.2 Å². The van der Waals surface area contributed by atoms with Gasteiger partial charge in [-0.3, -0.25) is 4.79 Å². The summed E-state index contributed by atoms with van der Waals surface area (Å²) in [6, 6.07) is 0. The number of hydrogen-bond acceptors (Lipinski definition) is 3. The molecule has 0 aliphatic heterocycles. The zero-order chi connectivity index (χ0) is 16.5. The van der Waals surface area contributed by atoms with Crippen LogP contribution in [0.2, 0.25) is 0 Å². The van der Waals surface area contributed by atoms with E-state index in [9.17, 15) is 15.0 Å². The monoisotopic (exact) mass is 306 g/mol. The number of allylic oxidation sites excluding steroid dienone is 1. The normalized spacial score (nSPS) is 33.7. The number of hydrogen-bond donors (Lipinski definition) is 2. The molecule has 0 aromatic carbocycles. The first-order valence-corrected chi connectivity index (χ1v) is 8.54. The van der Waals surface area contributed by atoms with Gasteiger partial charge in [0.1, 0.15) is 0 Å². The summed E-state index contributed by atoms with van der Waals surface area (Å²) in [5, 5.41) is 20.7. The number of ketones is 1. The number of Topliss-reactive ketones (excluding diaryl/α,β-unsaturated/α-hetero) is 1. The van der Waals surface area contributed by atoms with E-state index in [0.717, 1.165) is 19.3 Å². The largest absolute Gasteiger partial charge is 0.392 e. The van der Waals surface area contributed by atoms with E-state index in [4.69, 9.17) is 0 Å². The molecule has 0 amide bonds. The molecule has 2 rings (SSSR count). The topological polar surface area (TPSA) is 57.5 Å². The van der Waals surface area contributed by atoms with Gasteiger partial charge in [0.15, 0.2) is 5.78 Å². The van der Waals surface area contributed by atoms with Crippen molar-refractivity contribution in [2.75, 3.05) is 0 Å². The van der Waals surface area contributed by atoms with Crippen molar-refractivity contribution in [1.29, 1.82) is 0 Å². The van der Waals surface area contributed by atoms with Crippen LogP contribution in [0.4, 0.5) is 0 Å². The predicted octanol–water partition coefficient (Wildman–Crippen LogP) is 3.26. The van der Waals surface area contributed by atoms with Crippen LogP contribution in [0.1, 0.15) is 52.9 Å². The van der Waals surface area contributed by atoms with Crippen LogP contribution in [-0.2, 0) is 4.79 Å². The van der Waals surface area contributed by atoms with E-state index in [1.165, 1.54) is 0 Å². The van der Waals surface area contributed by atoms with E-state index >= 15 is 0 Å². The molecule has 0 saturated heterocycles. The van der Waals surface area contributed by atoms with E-state index < -0.39 is 12.2 Å². The molecule has 0 bridgehead atoms. The Hall–Kier alpha value is -0.930. The van der Waals surface area contributed by atoms with Gasteiger partial charge in [-0.1, -0.05) is 52.3 Å². The maximum absolute atomic E-state index is 12.0. The van der Waals surface area contributed by atoms with Gasteiger partial charge in [0.2, 0.25) is 0 Å². The molecule has 2 aliphatic rings. The molecule has 0 aromatic heterocycles. The van der Waals surface area contributed by atoms with Gasteiger partial charge in [0.25, 0.3) is 0 Å². The Balaban J connectivity index is 2.03. The van der Waals surface area contributed by atoms with Crippen LogP contribution in [0, 0.1) is 23.2 Å². The minimum atomic E-state index is -0.523. The SMILES string of the molecule is C=C1C[C@H]2[C@H](/C=C/[C@H](O)C(C)(C)CCCC)[C@H](O)C[C@@H]2C1=O. The Morgan fingerprint density at radius 2 is 2.14 bits per heavy atom. The Morgan fingerprint density at radius 3 is 2.77 bits per heavy atom. The molecule has 0 heterocycles. The lowest BCUT2D eigenvalue weighted by atomic mass is 9.80. The zero-order valence-electron chi connectivity index (χ0n) is 14.1. The van der Waals surface area contributed by atoms with E-state index in [2.05, 4.69) is 27.4 Å². The number of unbranched alkanes of at least 4 members (excludes halogenated alkanes) is 1. The highest BCUT2D eigenvalue weighted by Crippen LogP contribution is 2.48. The molecule has 22 heavy (non-hydrogen) atoms. The summed E-state index contributed by atoms with van der Waals surface area (Å²) >= 11 is 0. The molecule has 0 radical (unpaired) electrons. The fourth-order valence-corrected chi connectivity index (χ4v) is 3.92. The quantitative estimate of drug-likeness (QED) is 0.585. The maximum atomic E-state index is 12.0. The van der Waals surface area contributed by atoms with Gasteiger partial charge >= 0.3 is 0 Å². The van der Waals surface area contributed by atoms with Crippen molar-refractivity contribution in [2.24, 2.45) is 23.2 Å². The van der Waals surface area contributed by atoms with Crippen LogP contribution >= 0.6 is 0 Å². The van der Waals surface area contributed by atoms with Crippen LogP contribution in [0.3, 0.4) is 0 Å². The Bertz CT molecular complexity index is 463. The lowest BCUT2D eigenvalue weighted by Gasteiger charge is -2.29. The standard InChI is InChI=1S/C19H30O3/c1-5-6-9-19(3,4)17(21)8-7-13-14-10-12(2)18(22)15(14)11-16(13)20/h7-8,13-17,20-21H,2,5-6,9-11H2,1,3-4H3/b8-7+/t13-,14-,15-,16+,17-/m0/s1. The molecule has 2 fully saturated rings. The molecule has 5 atom stereocenters. The second-order valence-corrected chi connectivity index (χ2v) is 7.74. The van der Waals surface area contributed by atoms with Crippen LogP contribution in [0.25, 0.3) is 0 Å². The van der Waals surface area contributed by atoms with Gasteiger partial charge in [0, 0.05) is 11.8 Å². The van der Waals surface area contributed by atoms with Gasteiger partial charge in [-0.05, 0) is 36.2 Å². The molecular formula is C19H30O3. The number of fused-ring (bicyclic) bond motifs is 1. The zero-order valence-corrected chi connectivity index (χ0v) is 14.1. The number of aliphatic hydroxyl groups is 2. The van der Waals surface area contributed by atoms with Crippen molar-refractivity contribution < 1.29 is 15.0 Å². The third-order valence-corrected chi connectivity index (χ3v) is 5.61. The molecule has 0 unspecified atom stereocenters. The Labute approximate surface area is 134 Å². The fraction of sp³-hybridized carbons (Fsp3) is 0.737. The highest BCUT2D eigenvalue weighted by molar-refractivity contribution is 5.99. The minimum Gasteiger partial charge on any atom is -0.392 e. The van der Waals surface area contributed by atoms with Crippen LogP contribution in [0.5, 0.6) is 0 Å². The summed E-state index contributed by atoms with van der Waals surface area (Å²) in [6.07, 6.45) is 7.19. The number of carbonyl (C=O) groups is 1. The second kappa shape index (κ2) is 6.67. The molecule has 0 spiro atoms. The van der Waals surface area contributed by atoms with E-state index in [1.54, 1.807) is 0 Å². The van der Waals surface area contributed by atoms with Crippen molar-refractivity contribution in [3.05, 3.63) is 24.3 Å². The fourth-order valence-electron chi connectivity index (χ4n) is 3.92. The Kier molecular flexibility index (Phi) is 5.29. The van der Waals surface area contributed by atoms with E-state index in [1.807, 2.05) is 12.2 Å². The van der Waals surface area contributed by atoms with Crippen molar-refractivity contribution in [3.63, 3.8) is 0 Å². The number of rotatable bonds is 6. The third-order valence-electron chi connectivity index (χ3n) is 5.61. The van der Waals surface area contributed by atoms with Crippen molar-refractivity contribution in [1.82, 2.24) is 0 Å². The summed E-state index contributed by atoms with van der Waals surface area (Å²) in [5.41, 5.74) is 0.536. The number of carbonyl (C=O) groups excluding carboxylic acids is 1. The highest BCUT2D eigenvalue weighted by Gasteiger charge is 2.49. The summed E-state index contributed by atoms with van der Waals surface area (Å²) in [7, 11) is 0. The molecular weight excluding hydrogens is 276 g/mol. The van der Waals surface area contributed by atoms with Gasteiger partial charge in [-0.15, -0.1) is 0 Å². The first kappa shape index (κ1) is 17.4. The van der Waals surface area contributed by atoms with Gasteiger partial charge in [-0.2, -0.15) is 0 Å². The second-order valence-electron chi connectivity index (χ2n) is 7.74. The summed E-state index contributed by atoms with van der Waals surface area (Å²) in [6.45, 7) is 10.1. The maximum Gasteiger partial charge on any atom is 0.161 e. The molecule has 2 N–H and O–H groups in total. The predicted molar refractivity (Wildman–Crippen MR) is 88.3 cm³/mol. The van der Waals surface area contributed by atoms with Crippen LogP contribution < -0.4 is 0 Å². The average Bonchev–Trinajstić information content (AvgIpc) is 2.91. The molecule has 0 aromatic rings. The van der Waals surface area contributed by atoms with E-state index in [-0.39, 0.29) is 29.0 Å². The summed E-state index contributed by atoms with van der Waals surface area (Å²) in [5.74, 6) is 0.188. The molecule has 2 saturated carbocycles. The molecule has 3 nitrogen and oxygen atoms in total. The molecule has 124 valence electrons. The van der Waals surface area contributed by atoms with Crippen molar-refractivity contribution in [2.45, 2.75) is 65.1 Å². The van der Waals surface area contributed by atoms with Crippen LogP contribution in [0.15, 0.2) is 24.3 Å². The van der Waals surface area contributed by atoms with Gasteiger partial charge in [0.05, 0.1) is 12.2 Å². The minimum absolute atomic E-state index is 0.0372. The highest BCUT2D eigenvalue weighted by atomic mass is 16.3. The van der Waals surface area contributed by atoms with Crippen molar-refractivity contribution >= 4 is 5.78 Å². The lowest BCUT2D eigenvalue weighted by Crippen LogP contribution is -2.28. The number of aliphatic hydroxyl groups excluding tert-OH is 2. The van der Waals surface area contributed by atoms with Gasteiger partial charge < -0.3 is 10.2 Å². The summed E-state index contributed by atoms with van der Waals surface area (Å²) in [4.78, 5) is 12.0. The van der Waals surface area contributed by atoms with E-state index in [0.29, 0.717) is 18.4 Å². The smallest absolute Gasteiger partial charge is 0.161 e.